The summed E-state index contributed by atoms with van der Waals surface area (Å²) < 4.78 is 11.2. The molecule has 5 nitrogen and oxygen atoms in total. The summed E-state index contributed by atoms with van der Waals surface area (Å²) in [6, 6.07) is 8.02. The molecule has 2 aromatic rings. The Morgan fingerprint density at radius 3 is 2.87 bits per heavy atom. The molecule has 1 aromatic heterocycles. The molecule has 124 valence electrons. The van der Waals surface area contributed by atoms with Crippen LogP contribution < -0.4 is 5.32 Å². The van der Waals surface area contributed by atoms with Crippen LogP contribution >= 0.6 is 0 Å². The number of hydrogen-bond acceptors (Lipinski definition) is 3. The second-order valence-electron chi connectivity index (χ2n) is 6.48. The smallest absolute Gasteiger partial charge is 0.224 e. The molecule has 0 saturated carbocycles. The van der Waals surface area contributed by atoms with Gasteiger partial charge < -0.3 is 19.8 Å². The average molecular weight is 316 g/mol. The zero-order valence-corrected chi connectivity index (χ0v) is 13.7. The van der Waals surface area contributed by atoms with Gasteiger partial charge in [-0.1, -0.05) is 25.1 Å². The van der Waals surface area contributed by atoms with E-state index in [0.29, 0.717) is 32.1 Å². The van der Waals surface area contributed by atoms with Crippen LogP contribution in [0.25, 0.3) is 10.9 Å². The number of H-pyrrole nitrogens is 1. The summed E-state index contributed by atoms with van der Waals surface area (Å²) in [7, 11) is 0. The van der Waals surface area contributed by atoms with Crippen molar-refractivity contribution in [3.63, 3.8) is 0 Å². The molecular formula is C18H24N2O3. The van der Waals surface area contributed by atoms with Crippen molar-refractivity contribution in [2.24, 2.45) is 5.92 Å². The zero-order valence-electron chi connectivity index (χ0n) is 13.7. The van der Waals surface area contributed by atoms with Gasteiger partial charge in [-0.05, 0) is 24.5 Å². The van der Waals surface area contributed by atoms with Gasteiger partial charge in [0.2, 0.25) is 5.91 Å². The minimum absolute atomic E-state index is 0.0417. The van der Waals surface area contributed by atoms with E-state index in [-0.39, 0.29) is 5.91 Å². The molecule has 1 unspecified atom stereocenters. The van der Waals surface area contributed by atoms with Crippen LogP contribution in [0, 0.1) is 5.92 Å². The van der Waals surface area contributed by atoms with Crippen molar-refractivity contribution in [1.29, 1.82) is 0 Å². The Morgan fingerprint density at radius 1 is 1.35 bits per heavy atom. The maximum absolute atomic E-state index is 12.2. The average Bonchev–Trinajstić information content (AvgIpc) is 3.13. The van der Waals surface area contributed by atoms with Crippen molar-refractivity contribution in [3.8, 4) is 0 Å². The van der Waals surface area contributed by atoms with E-state index < -0.39 is 5.79 Å². The van der Waals surface area contributed by atoms with Crippen LogP contribution in [-0.4, -0.2) is 36.4 Å². The fourth-order valence-corrected chi connectivity index (χ4v) is 3.18. The quantitative estimate of drug-likeness (QED) is 0.861. The molecule has 1 saturated heterocycles. The van der Waals surface area contributed by atoms with Crippen molar-refractivity contribution in [2.75, 3.05) is 19.8 Å². The van der Waals surface area contributed by atoms with Crippen LogP contribution in [0.4, 0.5) is 0 Å². The summed E-state index contributed by atoms with van der Waals surface area (Å²) in [5.41, 5.74) is 2.09. The van der Waals surface area contributed by atoms with E-state index in [1.807, 2.05) is 37.4 Å². The fourth-order valence-electron chi connectivity index (χ4n) is 3.18. The van der Waals surface area contributed by atoms with Gasteiger partial charge in [0.05, 0.1) is 19.6 Å². The van der Waals surface area contributed by atoms with Crippen LogP contribution in [0.3, 0.4) is 0 Å². The molecule has 2 heterocycles. The highest BCUT2D eigenvalue weighted by molar-refractivity contribution is 5.88. The van der Waals surface area contributed by atoms with Gasteiger partial charge in [0, 0.05) is 30.1 Å². The first-order valence-electron chi connectivity index (χ1n) is 8.15. The highest BCUT2D eigenvalue weighted by Gasteiger charge is 2.32. The van der Waals surface area contributed by atoms with Crippen LogP contribution in [0.5, 0.6) is 0 Å². The Labute approximate surface area is 136 Å². The van der Waals surface area contributed by atoms with E-state index in [9.17, 15) is 4.79 Å². The van der Waals surface area contributed by atoms with Crippen LogP contribution in [0.1, 0.15) is 25.8 Å². The molecule has 1 aliphatic rings. The summed E-state index contributed by atoms with van der Waals surface area (Å²) in [6.07, 6.45) is 3.08. The zero-order chi connectivity index (χ0) is 16.3. The van der Waals surface area contributed by atoms with Gasteiger partial charge in [0.25, 0.3) is 0 Å². The molecule has 1 aromatic carbocycles. The number of fused-ring (bicyclic) bond motifs is 1. The third kappa shape index (κ3) is 3.92. The maximum Gasteiger partial charge on any atom is 0.224 e. The highest BCUT2D eigenvalue weighted by atomic mass is 16.7. The Kier molecular flexibility index (Phi) is 4.68. The number of rotatable bonds is 6. The number of hydrogen-bond donors (Lipinski definition) is 2. The number of aromatic amines is 1. The molecule has 0 bridgehead atoms. The highest BCUT2D eigenvalue weighted by Crippen LogP contribution is 2.26. The molecule has 0 spiro atoms. The molecule has 0 aliphatic carbocycles. The van der Waals surface area contributed by atoms with Gasteiger partial charge in [-0.15, -0.1) is 0 Å². The van der Waals surface area contributed by atoms with Crippen LogP contribution in [-0.2, 0) is 20.7 Å². The number of aromatic nitrogens is 1. The molecule has 2 N–H and O–H groups in total. The molecular weight excluding hydrogens is 292 g/mol. The summed E-state index contributed by atoms with van der Waals surface area (Å²) in [6.45, 7) is 5.99. The Hall–Kier alpha value is -1.85. The first kappa shape index (κ1) is 16.0. The van der Waals surface area contributed by atoms with Gasteiger partial charge in [-0.25, -0.2) is 0 Å². The molecule has 3 rings (SSSR count). The third-order valence-corrected chi connectivity index (χ3v) is 4.29. The Morgan fingerprint density at radius 2 is 2.09 bits per heavy atom. The van der Waals surface area contributed by atoms with Crippen molar-refractivity contribution < 1.29 is 14.3 Å². The van der Waals surface area contributed by atoms with E-state index in [4.69, 9.17) is 9.47 Å². The number of ether oxygens (including phenoxy) is 2. The van der Waals surface area contributed by atoms with Gasteiger partial charge in [0.1, 0.15) is 0 Å². The largest absolute Gasteiger partial charge is 0.361 e. The lowest BCUT2D eigenvalue weighted by molar-refractivity contribution is -0.154. The summed E-state index contributed by atoms with van der Waals surface area (Å²) >= 11 is 0. The minimum atomic E-state index is -0.499. The lowest BCUT2D eigenvalue weighted by Gasteiger charge is -2.26. The van der Waals surface area contributed by atoms with Crippen molar-refractivity contribution in [1.82, 2.24) is 10.3 Å². The lowest BCUT2D eigenvalue weighted by atomic mass is 10.0. The Balaban J connectivity index is 1.49. The predicted molar refractivity (Wildman–Crippen MR) is 89.1 cm³/mol. The second kappa shape index (κ2) is 6.72. The maximum atomic E-state index is 12.2. The monoisotopic (exact) mass is 316 g/mol. The molecule has 0 radical (unpaired) electrons. The van der Waals surface area contributed by atoms with E-state index >= 15 is 0 Å². The standard InChI is InChI=1S/C18H24N2O3/c1-13(10-18(2)22-7-8-23-18)11-20-17(21)9-14-12-19-16-6-4-3-5-15(14)16/h3-6,12-13,19H,7-11H2,1-2H3,(H,20,21). The van der Waals surface area contributed by atoms with E-state index in [1.54, 1.807) is 0 Å². The minimum Gasteiger partial charge on any atom is -0.361 e. The fraction of sp³-hybridized carbons (Fsp3) is 0.500. The first-order valence-corrected chi connectivity index (χ1v) is 8.15. The molecule has 1 atom stereocenters. The van der Waals surface area contributed by atoms with Crippen molar-refractivity contribution >= 4 is 16.8 Å². The number of carbonyl (C=O) groups excluding carboxylic acids is 1. The van der Waals surface area contributed by atoms with Gasteiger partial charge in [-0.2, -0.15) is 0 Å². The van der Waals surface area contributed by atoms with Crippen LogP contribution in [0.2, 0.25) is 0 Å². The van der Waals surface area contributed by atoms with E-state index in [2.05, 4.69) is 17.2 Å². The summed E-state index contributed by atoms with van der Waals surface area (Å²) in [4.78, 5) is 15.4. The number of nitrogens with one attached hydrogen (secondary N) is 2. The van der Waals surface area contributed by atoms with Crippen molar-refractivity contribution in [3.05, 3.63) is 36.0 Å². The van der Waals surface area contributed by atoms with Gasteiger partial charge in [-0.3, -0.25) is 4.79 Å². The number of carbonyl (C=O) groups is 1. The van der Waals surface area contributed by atoms with Crippen molar-refractivity contribution in [2.45, 2.75) is 32.5 Å². The van der Waals surface area contributed by atoms with Crippen LogP contribution in [0.15, 0.2) is 30.5 Å². The summed E-state index contributed by atoms with van der Waals surface area (Å²) in [5.74, 6) is -0.161. The predicted octanol–water partition coefficient (Wildman–Crippen LogP) is 2.62. The molecule has 1 aliphatic heterocycles. The Bertz CT molecular complexity index is 674. The SMILES string of the molecule is CC(CNC(=O)Cc1c[nH]c2ccccc12)CC1(C)OCCO1. The molecule has 5 heteroatoms. The molecule has 1 amide bonds. The third-order valence-electron chi connectivity index (χ3n) is 4.29. The van der Waals surface area contributed by atoms with E-state index in [1.165, 1.54) is 0 Å². The van der Waals surface area contributed by atoms with E-state index in [0.717, 1.165) is 22.9 Å². The number of para-hydroxylation sites is 1. The topological polar surface area (TPSA) is 63.4 Å². The summed E-state index contributed by atoms with van der Waals surface area (Å²) in [5, 5.41) is 4.12. The number of amides is 1. The first-order chi connectivity index (χ1) is 11.1. The van der Waals surface area contributed by atoms with Gasteiger partial charge >= 0.3 is 0 Å². The second-order valence-corrected chi connectivity index (χ2v) is 6.48. The molecule has 23 heavy (non-hydrogen) atoms. The number of benzene rings is 1. The molecule has 1 fully saturated rings. The van der Waals surface area contributed by atoms with Gasteiger partial charge in [0.15, 0.2) is 5.79 Å². The lowest BCUT2D eigenvalue weighted by Crippen LogP contribution is -2.34. The normalized spacial score (nSPS) is 18.2.